The summed E-state index contributed by atoms with van der Waals surface area (Å²) in [6.45, 7) is 1.99. The van der Waals surface area contributed by atoms with E-state index in [1.807, 2.05) is 6.92 Å². The molecule has 1 atom stereocenters. The molecular weight excluding hydrogens is 264 g/mol. The van der Waals surface area contributed by atoms with Crippen molar-refractivity contribution in [2.45, 2.75) is 43.5 Å². The van der Waals surface area contributed by atoms with E-state index in [2.05, 4.69) is 15.1 Å². The zero-order chi connectivity index (χ0) is 13.9. The largest absolute Gasteiger partial charge is 0.307 e. The van der Waals surface area contributed by atoms with Gasteiger partial charge in [0.15, 0.2) is 5.82 Å². The van der Waals surface area contributed by atoms with Crippen LogP contribution in [0, 0.1) is 5.92 Å². The molecule has 6 nitrogen and oxygen atoms in total. The van der Waals surface area contributed by atoms with Gasteiger partial charge in [0.25, 0.3) is 0 Å². The Morgan fingerprint density at radius 3 is 2.84 bits per heavy atom. The number of nitrogens with zero attached hydrogens (tertiary/aromatic N) is 1. The van der Waals surface area contributed by atoms with Crippen LogP contribution in [0.4, 0.5) is 5.82 Å². The van der Waals surface area contributed by atoms with Crippen molar-refractivity contribution in [3.05, 3.63) is 18.3 Å². The van der Waals surface area contributed by atoms with Gasteiger partial charge in [0.2, 0.25) is 10.0 Å². The molecule has 0 aliphatic heterocycles. The molecule has 0 saturated heterocycles. The summed E-state index contributed by atoms with van der Waals surface area (Å²) in [5.41, 5.74) is 2.32. The molecule has 1 aromatic rings. The number of hydrogen-bond acceptors (Lipinski definition) is 5. The number of nitrogen functional groups attached to an aromatic ring is 1. The van der Waals surface area contributed by atoms with Crippen molar-refractivity contribution >= 4 is 15.8 Å². The summed E-state index contributed by atoms with van der Waals surface area (Å²) in [7, 11) is -3.59. The van der Waals surface area contributed by atoms with Crippen molar-refractivity contribution in [1.29, 1.82) is 0 Å². The normalized spacial score (nSPS) is 17.2. The highest BCUT2D eigenvalue weighted by Crippen LogP contribution is 2.34. The zero-order valence-corrected chi connectivity index (χ0v) is 11.8. The first-order valence-corrected chi connectivity index (χ1v) is 7.99. The van der Waals surface area contributed by atoms with E-state index in [1.165, 1.54) is 25.1 Å². The molecular formula is C12H20N4O2S. The summed E-state index contributed by atoms with van der Waals surface area (Å²) in [5, 5.41) is 0. The second-order valence-corrected chi connectivity index (χ2v) is 6.58. The second kappa shape index (κ2) is 5.85. The fraction of sp³-hybridized carbons (Fsp3) is 0.583. The minimum Gasteiger partial charge on any atom is -0.307 e. The predicted octanol–water partition coefficient (Wildman–Crippen LogP) is 1.22. The number of nitrogens with one attached hydrogen (secondary N) is 2. The van der Waals surface area contributed by atoms with Gasteiger partial charge in [-0.05, 0) is 30.9 Å². The van der Waals surface area contributed by atoms with Gasteiger partial charge in [-0.2, -0.15) is 0 Å². The van der Waals surface area contributed by atoms with E-state index >= 15 is 0 Å². The van der Waals surface area contributed by atoms with Crippen LogP contribution in [0.3, 0.4) is 0 Å². The number of hydrazine groups is 1. The smallest absolute Gasteiger partial charge is 0.244 e. The topological polar surface area (TPSA) is 97.1 Å². The Morgan fingerprint density at radius 1 is 1.53 bits per heavy atom. The van der Waals surface area contributed by atoms with Gasteiger partial charge in [-0.3, -0.25) is 0 Å². The van der Waals surface area contributed by atoms with E-state index in [0.717, 1.165) is 12.8 Å². The summed E-state index contributed by atoms with van der Waals surface area (Å²) in [6.07, 6.45) is 5.60. The number of aromatic nitrogens is 1. The highest BCUT2D eigenvalue weighted by molar-refractivity contribution is 7.89. The quantitative estimate of drug-likeness (QED) is 0.517. The van der Waals surface area contributed by atoms with Crippen LogP contribution >= 0.6 is 0 Å². The van der Waals surface area contributed by atoms with Crippen LogP contribution in [0.25, 0.3) is 0 Å². The molecule has 4 N–H and O–H groups in total. The molecule has 1 unspecified atom stereocenters. The molecule has 1 aliphatic rings. The van der Waals surface area contributed by atoms with E-state index in [9.17, 15) is 8.42 Å². The van der Waals surface area contributed by atoms with E-state index in [0.29, 0.717) is 5.92 Å². The molecule has 19 heavy (non-hydrogen) atoms. The molecule has 1 aromatic heterocycles. The monoisotopic (exact) mass is 284 g/mol. The Kier molecular flexibility index (Phi) is 4.38. The fourth-order valence-electron chi connectivity index (χ4n) is 2.05. The van der Waals surface area contributed by atoms with Crippen molar-refractivity contribution in [2.24, 2.45) is 11.8 Å². The molecule has 2 rings (SSSR count). The number of nitrogens with two attached hydrogens (primary N) is 1. The lowest BCUT2D eigenvalue weighted by Crippen LogP contribution is -2.35. The van der Waals surface area contributed by atoms with E-state index in [1.54, 1.807) is 6.07 Å². The molecule has 0 spiro atoms. The van der Waals surface area contributed by atoms with Gasteiger partial charge in [0.1, 0.15) is 4.90 Å². The summed E-state index contributed by atoms with van der Waals surface area (Å²) in [4.78, 5) is 4.00. The minimum atomic E-state index is -3.59. The van der Waals surface area contributed by atoms with Gasteiger partial charge in [-0.1, -0.05) is 19.8 Å². The van der Waals surface area contributed by atoms with E-state index in [-0.39, 0.29) is 16.8 Å². The maximum absolute atomic E-state index is 12.3. The SMILES string of the molecule is CCC(CC1CC1)NS(=O)(=O)c1cccnc1NN. The second-order valence-electron chi connectivity index (χ2n) is 4.90. The molecule has 7 heteroatoms. The number of anilines is 1. The van der Waals surface area contributed by atoms with Gasteiger partial charge >= 0.3 is 0 Å². The lowest BCUT2D eigenvalue weighted by molar-refractivity contribution is 0.495. The van der Waals surface area contributed by atoms with Gasteiger partial charge < -0.3 is 5.43 Å². The Morgan fingerprint density at radius 2 is 2.26 bits per heavy atom. The average Bonchev–Trinajstić information content (AvgIpc) is 3.21. The van der Waals surface area contributed by atoms with Gasteiger partial charge in [0, 0.05) is 12.2 Å². The van der Waals surface area contributed by atoms with Gasteiger partial charge in [-0.15, -0.1) is 0 Å². The minimum absolute atomic E-state index is 0.0247. The number of rotatable bonds is 7. The molecule has 1 heterocycles. The third-order valence-corrected chi connectivity index (χ3v) is 4.88. The molecule has 1 aliphatic carbocycles. The lowest BCUT2D eigenvalue weighted by Gasteiger charge is -2.17. The van der Waals surface area contributed by atoms with Crippen LogP contribution in [0.15, 0.2) is 23.2 Å². The molecule has 106 valence electrons. The number of hydrogen-bond donors (Lipinski definition) is 3. The summed E-state index contributed by atoms with van der Waals surface area (Å²) in [5.74, 6) is 6.13. The molecule has 0 amide bonds. The maximum Gasteiger partial charge on any atom is 0.244 e. The van der Waals surface area contributed by atoms with Crippen LogP contribution in [0.5, 0.6) is 0 Å². The summed E-state index contributed by atoms with van der Waals surface area (Å²) < 4.78 is 27.4. The number of sulfonamides is 1. The van der Waals surface area contributed by atoms with Gasteiger partial charge in [-0.25, -0.2) is 24.0 Å². The van der Waals surface area contributed by atoms with Crippen molar-refractivity contribution in [3.63, 3.8) is 0 Å². The summed E-state index contributed by atoms with van der Waals surface area (Å²) in [6, 6.07) is 3.05. The Labute approximate surface area is 113 Å². The molecule has 1 saturated carbocycles. The van der Waals surface area contributed by atoms with Crippen molar-refractivity contribution in [2.75, 3.05) is 5.43 Å². The Balaban J connectivity index is 2.15. The standard InChI is InChI=1S/C12H20N4O2S/c1-2-10(8-9-5-6-9)16-19(17,18)11-4-3-7-14-12(11)15-13/h3-4,7,9-10,16H,2,5-6,8,13H2,1H3,(H,14,15). The molecule has 0 aromatic carbocycles. The fourth-order valence-corrected chi connectivity index (χ4v) is 3.51. The van der Waals surface area contributed by atoms with Crippen molar-refractivity contribution in [1.82, 2.24) is 9.71 Å². The third-order valence-electron chi connectivity index (χ3n) is 3.33. The van der Waals surface area contributed by atoms with Crippen LogP contribution in [-0.4, -0.2) is 19.4 Å². The van der Waals surface area contributed by atoms with E-state index in [4.69, 9.17) is 5.84 Å². The van der Waals surface area contributed by atoms with Crippen LogP contribution in [0.1, 0.15) is 32.6 Å². The first kappa shape index (κ1) is 14.2. The highest BCUT2D eigenvalue weighted by Gasteiger charge is 2.28. The molecule has 1 fully saturated rings. The van der Waals surface area contributed by atoms with E-state index < -0.39 is 10.0 Å². The van der Waals surface area contributed by atoms with Crippen molar-refractivity contribution < 1.29 is 8.42 Å². The number of pyridine rings is 1. The average molecular weight is 284 g/mol. The first-order chi connectivity index (χ1) is 9.06. The molecule has 0 bridgehead atoms. The van der Waals surface area contributed by atoms with Crippen molar-refractivity contribution in [3.8, 4) is 0 Å². The van der Waals surface area contributed by atoms with Crippen LogP contribution in [-0.2, 0) is 10.0 Å². The maximum atomic E-state index is 12.3. The summed E-state index contributed by atoms with van der Waals surface area (Å²) >= 11 is 0. The van der Waals surface area contributed by atoms with Gasteiger partial charge in [0.05, 0.1) is 0 Å². The first-order valence-electron chi connectivity index (χ1n) is 6.50. The third kappa shape index (κ3) is 3.65. The Hall–Kier alpha value is -1.18. The molecule has 0 radical (unpaired) electrons. The lowest BCUT2D eigenvalue weighted by atomic mass is 10.1. The van der Waals surface area contributed by atoms with Crippen LogP contribution < -0.4 is 16.0 Å². The van der Waals surface area contributed by atoms with Crippen LogP contribution in [0.2, 0.25) is 0 Å². The predicted molar refractivity (Wildman–Crippen MR) is 73.8 cm³/mol. The Bertz CT molecular complexity index is 528. The highest BCUT2D eigenvalue weighted by atomic mass is 32.2. The zero-order valence-electron chi connectivity index (χ0n) is 11.0.